The maximum Gasteiger partial charge on any atom is 0.216 e. The molecule has 0 saturated heterocycles. The average molecular weight is 443 g/mol. The molecule has 0 fully saturated rings. The van der Waals surface area contributed by atoms with Crippen molar-refractivity contribution in [1.82, 2.24) is 14.8 Å². The van der Waals surface area contributed by atoms with Gasteiger partial charge in [0.2, 0.25) is 5.90 Å². The van der Waals surface area contributed by atoms with Crippen molar-refractivity contribution in [2.45, 2.75) is 24.2 Å². The highest BCUT2D eigenvalue weighted by atomic mass is 35.5. The molecule has 2 aromatic carbocycles. The summed E-state index contributed by atoms with van der Waals surface area (Å²) < 4.78 is 13.4. The Labute approximate surface area is 185 Å². The van der Waals surface area contributed by atoms with E-state index in [4.69, 9.17) is 21.1 Å². The molecule has 30 heavy (non-hydrogen) atoms. The summed E-state index contributed by atoms with van der Waals surface area (Å²) in [5.41, 5.74) is 1.89. The molecule has 1 aliphatic heterocycles. The lowest BCUT2D eigenvalue weighted by Crippen LogP contribution is -2.17. The molecule has 0 saturated carbocycles. The van der Waals surface area contributed by atoms with E-state index in [0.29, 0.717) is 24.1 Å². The number of hydrogen-bond acceptors (Lipinski definition) is 6. The van der Waals surface area contributed by atoms with Gasteiger partial charge in [-0.1, -0.05) is 53.7 Å². The fourth-order valence-electron chi connectivity index (χ4n) is 3.22. The summed E-state index contributed by atoms with van der Waals surface area (Å²) in [5.74, 6) is 2.22. The summed E-state index contributed by atoms with van der Waals surface area (Å²) in [4.78, 5) is 4.55. The molecule has 0 radical (unpaired) electrons. The molecule has 1 aliphatic rings. The lowest BCUT2D eigenvalue weighted by molar-refractivity contribution is 0.189. The highest BCUT2D eigenvalue weighted by Gasteiger charge is 2.23. The molecule has 8 heteroatoms. The average Bonchev–Trinajstić information content (AvgIpc) is 3.41. The van der Waals surface area contributed by atoms with E-state index in [1.54, 1.807) is 18.9 Å². The zero-order valence-corrected chi connectivity index (χ0v) is 18.3. The third kappa shape index (κ3) is 4.86. The van der Waals surface area contributed by atoms with Crippen molar-refractivity contribution >= 4 is 29.3 Å². The smallest absolute Gasteiger partial charge is 0.216 e. The van der Waals surface area contributed by atoms with Gasteiger partial charge in [-0.3, -0.25) is 0 Å². The highest BCUT2D eigenvalue weighted by Crippen LogP contribution is 2.30. The van der Waals surface area contributed by atoms with E-state index in [2.05, 4.69) is 19.8 Å². The summed E-state index contributed by atoms with van der Waals surface area (Å²) in [6.07, 6.45) is 0.874. The van der Waals surface area contributed by atoms with Crippen LogP contribution in [0.3, 0.4) is 0 Å². The molecule has 1 unspecified atom stereocenters. The first-order chi connectivity index (χ1) is 14.8. The SMILES string of the molecule is COCCCn1c(SCC2CN=C(c3ccccc3)O2)nnc1-c1ccccc1Cl. The Morgan fingerprint density at radius 3 is 2.73 bits per heavy atom. The number of thioether (sulfide) groups is 1. The van der Waals surface area contributed by atoms with E-state index >= 15 is 0 Å². The van der Waals surface area contributed by atoms with E-state index in [9.17, 15) is 0 Å². The van der Waals surface area contributed by atoms with Crippen molar-refractivity contribution in [2.75, 3.05) is 26.0 Å². The number of methoxy groups -OCH3 is 1. The molecular weight excluding hydrogens is 420 g/mol. The molecule has 0 amide bonds. The van der Waals surface area contributed by atoms with Crippen LogP contribution in [0, 0.1) is 0 Å². The molecule has 0 aliphatic carbocycles. The van der Waals surface area contributed by atoms with E-state index in [1.807, 2.05) is 54.6 Å². The summed E-state index contributed by atoms with van der Waals surface area (Å²) >= 11 is 8.04. The Balaban J connectivity index is 1.46. The number of nitrogens with zero attached hydrogens (tertiary/aromatic N) is 4. The van der Waals surface area contributed by atoms with Gasteiger partial charge in [-0.2, -0.15) is 0 Å². The van der Waals surface area contributed by atoms with Crippen molar-refractivity contribution in [2.24, 2.45) is 4.99 Å². The minimum Gasteiger partial charge on any atom is -0.471 e. The summed E-state index contributed by atoms with van der Waals surface area (Å²) in [7, 11) is 1.71. The molecule has 1 atom stereocenters. The molecule has 2 heterocycles. The van der Waals surface area contributed by atoms with E-state index < -0.39 is 0 Å². The number of halogens is 1. The van der Waals surface area contributed by atoms with Crippen LogP contribution in [0.4, 0.5) is 0 Å². The molecule has 1 aromatic heterocycles. The molecule has 156 valence electrons. The molecule has 3 aromatic rings. The topological polar surface area (TPSA) is 61.5 Å². The van der Waals surface area contributed by atoms with Crippen molar-refractivity contribution in [3.8, 4) is 11.4 Å². The zero-order chi connectivity index (χ0) is 20.8. The predicted molar refractivity (Wildman–Crippen MR) is 120 cm³/mol. The maximum atomic E-state index is 6.41. The molecular formula is C22H23ClN4O2S. The largest absolute Gasteiger partial charge is 0.471 e. The number of aromatic nitrogens is 3. The molecule has 0 spiro atoms. The van der Waals surface area contributed by atoms with Gasteiger partial charge in [0.25, 0.3) is 0 Å². The number of aliphatic imine (C=N–C) groups is 1. The second kappa shape index (κ2) is 10.1. The first-order valence-corrected chi connectivity index (χ1v) is 11.2. The van der Waals surface area contributed by atoms with E-state index in [1.165, 1.54) is 0 Å². The minimum absolute atomic E-state index is 0.0121. The van der Waals surface area contributed by atoms with Crippen molar-refractivity contribution in [3.63, 3.8) is 0 Å². The first kappa shape index (κ1) is 20.9. The van der Waals surface area contributed by atoms with Crippen LogP contribution < -0.4 is 0 Å². The van der Waals surface area contributed by atoms with Crippen LogP contribution >= 0.6 is 23.4 Å². The van der Waals surface area contributed by atoms with Crippen molar-refractivity contribution in [1.29, 1.82) is 0 Å². The van der Waals surface area contributed by atoms with Gasteiger partial charge in [0, 0.05) is 37.1 Å². The molecule has 0 N–H and O–H groups in total. The van der Waals surface area contributed by atoms with Crippen molar-refractivity contribution in [3.05, 3.63) is 65.2 Å². The second-order valence-electron chi connectivity index (χ2n) is 6.85. The number of ether oxygens (including phenoxy) is 2. The summed E-state index contributed by atoms with van der Waals surface area (Å²) in [5, 5.41) is 10.4. The van der Waals surface area contributed by atoms with Gasteiger partial charge >= 0.3 is 0 Å². The lowest BCUT2D eigenvalue weighted by Gasteiger charge is -2.13. The molecule has 4 rings (SSSR count). The lowest BCUT2D eigenvalue weighted by atomic mass is 10.2. The number of hydrogen-bond donors (Lipinski definition) is 0. The second-order valence-corrected chi connectivity index (χ2v) is 8.24. The number of rotatable bonds is 9. The standard InChI is InChI=1S/C22H23ClN4O2S/c1-28-13-7-12-27-20(18-10-5-6-11-19(18)23)25-26-22(27)30-15-17-14-24-21(29-17)16-8-3-2-4-9-16/h2-6,8-11,17H,7,12-15H2,1H3. The zero-order valence-electron chi connectivity index (χ0n) is 16.7. The van der Waals surface area contributed by atoms with Gasteiger partial charge in [0.1, 0.15) is 6.10 Å². The molecule has 6 nitrogen and oxygen atoms in total. The Morgan fingerprint density at radius 1 is 1.13 bits per heavy atom. The highest BCUT2D eigenvalue weighted by molar-refractivity contribution is 7.99. The van der Waals surface area contributed by atoms with Crippen LogP contribution in [-0.4, -0.2) is 52.8 Å². The Bertz CT molecular complexity index is 1010. The maximum absolute atomic E-state index is 6.41. The third-order valence-corrected chi connectivity index (χ3v) is 6.13. The van der Waals surface area contributed by atoms with Crippen LogP contribution in [0.1, 0.15) is 12.0 Å². The van der Waals surface area contributed by atoms with Crippen molar-refractivity contribution < 1.29 is 9.47 Å². The first-order valence-electron chi connectivity index (χ1n) is 9.82. The third-order valence-electron chi connectivity index (χ3n) is 4.70. The van der Waals surface area contributed by atoms with Gasteiger partial charge in [0.05, 0.1) is 11.6 Å². The van der Waals surface area contributed by atoms with Crippen LogP contribution in [0.25, 0.3) is 11.4 Å². The van der Waals surface area contributed by atoms with E-state index in [-0.39, 0.29) is 6.10 Å². The Kier molecular flexibility index (Phi) is 7.04. The van der Waals surface area contributed by atoms with Gasteiger partial charge in [0.15, 0.2) is 11.0 Å². The van der Waals surface area contributed by atoms with E-state index in [0.717, 1.165) is 40.8 Å². The van der Waals surface area contributed by atoms with Crippen LogP contribution in [-0.2, 0) is 16.0 Å². The predicted octanol–water partition coefficient (Wildman–Crippen LogP) is 4.57. The summed E-state index contributed by atoms with van der Waals surface area (Å²) in [6, 6.07) is 17.7. The van der Waals surface area contributed by atoms with Crippen LogP contribution in [0.15, 0.2) is 64.7 Å². The number of benzene rings is 2. The normalized spacial score (nSPS) is 15.8. The van der Waals surface area contributed by atoms with Gasteiger partial charge in [-0.25, -0.2) is 4.99 Å². The van der Waals surface area contributed by atoms with Gasteiger partial charge in [-0.15, -0.1) is 10.2 Å². The van der Waals surface area contributed by atoms with Crippen LogP contribution in [0.5, 0.6) is 0 Å². The fourth-order valence-corrected chi connectivity index (χ4v) is 4.38. The van der Waals surface area contributed by atoms with Crippen LogP contribution in [0.2, 0.25) is 5.02 Å². The molecule has 0 bridgehead atoms. The minimum atomic E-state index is 0.0121. The fraction of sp³-hybridized carbons (Fsp3) is 0.318. The summed E-state index contributed by atoms with van der Waals surface area (Å²) in [6.45, 7) is 2.07. The Hall–Kier alpha value is -2.35. The van der Waals surface area contributed by atoms with Gasteiger partial charge < -0.3 is 14.0 Å². The van der Waals surface area contributed by atoms with Gasteiger partial charge in [-0.05, 0) is 30.7 Å². The monoisotopic (exact) mass is 442 g/mol. The Morgan fingerprint density at radius 2 is 1.93 bits per heavy atom. The quantitative estimate of drug-likeness (QED) is 0.358.